The lowest BCUT2D eigenvalue weighted by Crippen LogP contribution is -2.38. The maximum Gasteiger partial charge on any atom is 0.190 e. The zero-order valence-electron chi connectivity index (χ0n) is 14.7. The molecule has 2 fully saturated rings. The maximum atomic E-state index is 6.27. The topological polar surface area (TPSA) is 36.9 Å². The molecule has 0 aromatic carbocycles. The van der Waals surface area contributed by atoms with Gasteiger partial charge in [0.05, 0.1) is 12.7 Å². The number of fused-ring (bicyclic) bond motifs is 1. The van der Waals surface area contributed by atoms with E-state index in [1.807, 2.05) is 6.92 Å². The van der Waals surface area contributed by atoms with Crippen molar-refractivity contribution in [3.63, 3.8) is 0 Å². The fourth-order valence-electron chi connectivity index (χ4n) is 3.24. The van der Waals surface area contributed by atoms with Gasteiger partial charge in [-0.2, -0.15) is 0 Å². The third kappa shape index (κ3) is 3.64. The fourth-order valence-corrected chi connectivity index (χ4v) is 3.96. The Bertz CT molecular complexity index is 529. The molecule has 23 heavy (non-hydrogen) atoms. The highest BCUT2D eigenvalue weighted by atomic mass is 32.1. The minimum Gasteiger partial charge on any atom is -0.368 e. The van der Waals surface area contributed by atoms with Crippen LogP contribution >= 0.6 is 11.3 Å². The SMILES string of the molecule is CCC1(C)O[C@H]2O[C@H](CC(C)C)[C@H](OCc3ccsc3C)[C@H]2O1. The van der Waals surface area contributed by atoms with E-state index in [1.165, 1.54) is 10.4 Å². The standard InChI is InChI=1S/C18H28O4S/c1-6-18(5)21-16-15(19-10-13-7-8-23-12(13)4)14(9-11(2)3)20-17(16)22-18/h7-8,11,14-17H,6,9-10H2,1-5H3/t14-,15+,16-,17-,18?/m1/s1. The molecular formula is C18H28O4S. The summed E-state index contributed by atoms with van der Waals surface area (Å²) in [6, 6.07) is 2.13. The Morgan fingerprint density at radius 1 is 1.35 bits per heavy atom. The van der Waals surface area contributed by atoms with Crippen molar-refractivity contribution in [3.8, 4) is 0 Å². The first kappa shape index (κ1) is 17.4. The van der Waals surface area contributed by atoms with Crippen LogP contribution in [0.3, 0.4) is 0 Å². The van der Waals surface area contributed by atoms with Gasteiger partial charge < -0.3 is 18.9 Å². The monoisotopic (exact) mass is 340 g/mol. The van der Waals surface area contributed by atoms with Crippen molar-refractivity contribution in [3.05, 3.63) is 21.9 Å². The van der Waals surface area contributed by atoms with Crippen molar-refractivity contribution in [1.29, 1.82) is 0 Å². The van der Waals surface area contributed by atoms with Crippen LogP contribution in [0.2, 0.25) is 0 Å². The molecule has 4 nitrogen and oxygen atoms in total. The van der Waals surface area contributed by atoms with Gasteiger partial charge in [0.25, 0.3) is 0 Å². The molecule has 130 valence electrons. The number of thiophene rings is 1. The summed E-state index contributed by atoms with van der Waals surface area (Å²) in [6.07, 6.45) is 1.27. The van der Waals surface area contributed by atoms with E-state index in [1.54, 1.807) is 11.3 Å². The molecular weight excluding hydrogens is 312 g/mol. The molecule has 2 saturated heterocycles. The van der Waals surface area contributed by atoms with E-state index in [2.05, 4.69) is 39.1 Å². The third-order valence-corrected chi connectivity index (χ3v) is 5.65. The smallest absolute Gasteiger partial charge is 0.190 e. The Labute approximate surface area is 143 Å². The second kappa shape index (κ2) is 6.81. The van der Waals surface area contributed by atoms with Gasteiger partial charge >= 0.3 is 0 Å². The van der Waals surface area contributed by atoms with Crippen LogP contribution in [0.5, 0.6) is 0 Å². The Morgan fingerprint density at radius 3 is 2.74 bits per heavy atom. The highest BCUT2D eigenvalue weighted by Gasteiger charge is 2.56. The van der Waals surface area contributed by atoms with Crippen LogP contribution in [0.15, 0.2) is 11.4 Å². The lowest BCUT2D eigenvalue weighted by Gasteiger charge is -2.28. The zero-order valence-corrected chi connectivity index (χ0v) is 15.5. The van der Waals surface area contributed by atoms with Gasteiger partial charge in [-0.05, 0) is 49.6 Å². The summed E-state index contributed by atoms with van der Waals surface area (Å²) in [4.78, 5) is 1.31. The van der Waals surface area contributed by atoms with Crippen LogP contribution in [-0.4, -0.2) is 30.4 Å². The molecule has 3 heterocycles. The second-order valence-electron chi connectivity index (χ2n) is 7.14. The van der Waals surface area contributed by atoms with Gasteiger partial charge in [-0.15, -0.1) is 11.3 Å². The summed E-state index contributed by atoms with van der Waals surface area (Å²) in [5.41, 5.74) is 1.25. The van der Waals surface area contributed by atoms with Gasteiger partial charge in [0.2, 0.25) is 0 Å². The summed E-state index contributed by atoms with van der Waals surface area (Å²) in [6.45, 7) is 11.2. The van der Waals surface area contributed by atoms with Crippen LogP contribution in [0.4, 0.5) is 0 Å². The molecule has 0 saturated carbocycles. The first-order valence-corrected chi connectivity index (χ1v) is 9.45. The van der Waals surface area contributed by atoms with Crippen LogP contribution < -0.4 is 0 Å². The molecule has 0 spiro atoms. The number of aryl methyl sites for hydroxylation is 1. The predicted molar refractivity (Wildman–Crippen MR) is 90.4 cm³/mol. The molecule has 1 unspecified atom stereocenters. The van der Waals surface area contributed by atoms with E-state index in [0.717, 1.165) is 12.8 Å². The van der Waals surface area contributed by atoms with Crippen molar-refractivity contribution in [2.24, 2.45) is 5.92 Å². The molecule has 3 rings (SSSR count). The van der Waals surface area contributed by atoms with E-state index in [9.17, 15) is 0 Å². The molecule has 0 bridgehead atoms. The van der Waals surface area contributed by atoms with Crippen LogP contribution in [-0.2, 0) is 25.6 Å². The third-order valence-electron chi connectivity index (χ3n) is 4.76. The number of ether oxygens (including phenoxy) is 4. The average molecular weight is 340 g/mol. The molecule has 0 aliphatic carbocycles. The molecule has 0 radical (unpaired) electrons. The van der Waals surface area contributed by atoms with Crippen molar-refractivity contribution in [2.45, 2.75) is 84.5 Å². The van der Waals surface area contributed by atoms with E-state index in [4.69, 9.17) is 18.9 Å². The quantitative estimate of drug-likeness (QED) is 0.775. The predicted octanol–water partition coefficient (Wildman–Crippen LogP) is 4.25. The van der Waals surface area contributed by atoms with Crippen LogP contribution in [0.25, 0.3) is 0 Å². The first-order valence-electron chi connectivity index (χ1n) is 8.57. The Morgan fingerprint density at radius 2 is 2.13 bits per heavy atom. The van der Waals surface area contributed by atoms with E-state index >= 15 is 0 Å². The van der Waals surface area contributed by atoms with Crippen molar-refractivity contribution in [2.75, 3.05) is 0 Å². The van der Waals surface area contributed by atoms with E-state index < -0.39 is 5.79 Å². The van der Waals surface area contributed by atoms with Gasteiger partial charge in [0.15, 0.2) is 12.1 Å². The molecule has 0 amide bonds. The molecule has 5 atom stereocenters. The zero-order chi connectivity index (χ0) is 16.6. The molecule has 1 aromatic heterocycles. The second-order valence-corrected chi connectivity index (χ2v) is 8.26. The molecule has 0 N–H and O–H groups in total. The highest BCUT2D eigenvalue weighted by Crippen LogP contribution is 2.42. The lowest BCUT2D eigenvalue weighted by atomic mass is 10.0. The fraction of sp³-hybridized carbons (Fsp3) is 0.778. The number of hydrogen-bond donors (Lipinski definition) is 0. The minimum absolute atomic E-state index is 0.0327. The summed E-state index contributed by atoms with van der Waals surface area (Å²) >= 11 is 1.75. The highest BCUT2D eigenvalue weighted by molar-refractivity contribution is 7.10. The van der Waals surface area contributed by atoms with Gasteiger partial charge in [-0.3, -0.25) is 0 Å². The first-order chi connectivity index (χ1) is 10.9. The maximum absolute atomic E-state index is 6.27. The molecule has 2 aliphatic rings. The average Bonchev–Trinajstić information content (AvgIpc) is 3.11. The Balaban J connectivity index is 1.70. The Hall–Kier alpha value is -0.460. The van der Waals surface area contributed by atoms with E-state index in [-0.39, 0.29) is 24.6 Å². The van der Waals surface area contributed by atoms with Gasteiger partial charge in [-0.25, -0.2) is 0 Å². The van der Waals surface area contributed by atoms with Crippen LogP contribution in [0, 0.1) is 12.8 Å². The summed E-state index contributed by atoms with van der Waals surface area (Å²) < 4.78 is 24.6. The largest absolute Gasteiger partial charge is 0.368 e. The molecule has 2 aliphatic heterocycles. The molecule has 5 heteroatoms. The van der Waals surface area contributed by atoms with Crippen molar-refractivity contribution < 1.29 is 18.9 Å². The number of rotatable bonds is 6. The number of hydrogen-bond acceptors (Lipinski definition) is 5. The van der Waals surface area contributed by atoms with Gasteiger partial charge in [0.1, 0.15) is 12.2 Å². The van der Waals surface area contributed by atoms with Gasteiger partial charge in [0, 0.05) is 4.88 Å². The van der Waals surface area contributed by atoms with Crippen LogP contribution in [0.1, 0.15) is 51.0 Å². The van der Waals surface area contributed by atoms with Gasteiger partial charge in [-0.1, -0.05) is 20.8 Å². The Kier molecular flexibility index (Phi) is 5.14. The minimum atomic E-state index is -0.557. The van der Waals surface area contributed by atoms with E-state index in [0.29, 0.717) is 12.5 Å². The summed E-state index contributed by atoms with van der Waals surface area (Å²) in [7, 11) is 0. The van der Waals surface area contributed by atoms with Crippen molar-refractivity contribution in [1.82, 2.24) is 0 Å². The lowest BCUT2D eigenvalue weighted by molar-refractivity contribution is -0.230. The molecule has 1 aromatic rings. The summed E-state index contributed by atoms with van der Waals surface area (Å²) in [5, 5.41) is 2.11. The summed E-state index contributed by atoms with van der Waals surface area (Å²) in [5.74, 6) is -0.0109. The van der Waals surface area contributed by atoms with Crippen molar-refractivity contribution >= 4 is 11.3 Å². The normalized spacial score (nSPS) is 36.8.